The monoisotopic (exact) mass is 468 g/mol. The van der Waals surface area contributed by atoms with Crippen LogP contribution in [0.2, 0.25) is 0 Å². The number of H-pyrrole nitrogens is 1. The molecule has 1 fully saturated rings. The van der Waals surface area contributed by atoms with E-state index in [1.54, 1.807) is 40.4 Å². The Balaban J connectivity index is 0.00000304. The van der Waals surface area contributed by atoms with Crippen LogP contribution in [0.4, 0.5) is 0 Å². The second kappa shape index (κ2) is 9.18. The highest BCUT2D eigenvalue weighted by atomic mass is 16.2. The molecule has 5 rings (SSSR count). The van der Waals surface area contributed by atoms with Crippen molar-refractivity contribution < 1.29 is 15.8 Å². The number of carbonyl (C=O) groups is 3. The SMILES string of the molecule is Cc1ccc(-c2nccc3c(C(=O)C(=O)N4CCN(C(=O)c5ccccc5)C[C@H]4C)c[nH]c23)cc1.[HH]. The van der Waals surface area contributed by atoms with Gasteiger partial charge >= 0.3 is 0 Å². The normalized spacial score (nSPS) is 15.9. The first-order chi connectivity index (χ1) is 16.9. The second-order valence-electron chi connectivity index (χ2n) is 8.94. The number of rotatable bonds is 4. The largest absolute Gasteiger partial charge is 0.359 e. The predicted octanol–water partition coefficient (Wildman–Crippen LogP) is 4.34. The molecule has 2 aromatic carbocycles. The summed E-state index contributed by atoms with van der Waals surface area (Å²) >= 11 is 0. The van der Waals surface area contributed by atoms with Crippen LogP contribution < -0.4 is 0 Å². The number of aromatic amines is 1. The molecule has 2 amide bonds. The van der Waals surface area contributed by atoms with Crippen LogP contribution in [0.5, 0.6) is 0 Å². The number of ketones is 1. The third kappa shape index (κ3) is 4.21. The van der Waals surface area contributed by atoms with Gasteiger partial charge in [-0.15, -0.1) is 0 Å². The zero-order chi connectivity index (χ0) is 24.5. The second-order valence-corrected chi connectivity index (χ2v) is 8.94. The van der Waals surface area contributed by atoms with Crippen LogP contribution in [0.3, 0.4) is 0 Å². The van der Waals surface area contributed by atoms with E-state index in [0.29, 0.717) is 36.1 Å². The molecule has 178 valence electrons. The molecule has 35 heavy (non-hydrogen) atoms. The van der Waals surface area contributed by atoms with Crippen LogP contribution in [0.25, 0.3) is 22.2 Å². The first-order valence-corrected chi connectivity index (χ1v) is 11.7. The van der Waals surface area contributed by atoms with Gasteiger partial charge in [0, 0.05) is 56.0 Å². The number of Topliss-reactive ketones (excluding diaryl/α,β-unsaturated/α-hetero) is 1. The number of hydrogen-bond acceptors (Lipinski definition) is 4. The minimum atomic E-state index is -0.563. The van der Waals surface area contributed by atoms with E-state index in [-0.39, 0.29) is 13.4 Å². The molecule has 3 heterocycles. The molecular formula is C28H28N4O3. The van der Waals surface area contributed by atoms with Gasteiger partial charge in [0.15, 0.2) is 0 Å². The van der Waals surface area contributed by atoms with Gasteiger partial charge < -0.3 is 14.8 Å². The Morgan fingerprint density at radius 3 is 2.46 bits per heavy atom. The number of aryl methyl sites for hydroxylation is 1. The fraction of sp³-hybridized carbons (Fsp3) is 0.214. The quantitative estimate of drug-likeness (QED) is 0.357. The van der Waals surface area contributed by atoms with Gasteiger partial charge in [-0.1, -0.05) is 48.0 Å². The molecule has 4 aromatic rings. The van der Waals surface area contributed by atoms with E-state index in [2.05, 4.69) is 9.97 Å². The number of amides is 2. The van der Waals surface area contributed by atoms with Gasteiger partial charge in [0.1, 0.15) is 0 Å². The molecule has 2 aromatic heterocycles. The van der Waals surface area contributed by atoms with Crippen LogP contribution >= 0.6 is 0 Å². The third-order valence-electron chi connectivity index (χ3n) is 6.56. The first-order valence-electron chi connectivity index (χ1n) is 11.7. The van der Waals surface area contributed by atoms with Crippen molar-refractivity contribution in [3.8, 4) is 11.3 Å². The highest BCUT2D eigenvalue weighted by molar-refractivity contribution is 6.45. The molecule has 0 radical (unpaired) electrons. The minimum Gasteiger partial charge on any atom is -0.359 e. The number of fused-ring (bicyclic) bond motifs is 1. The van der Waals surface area contributed by atoms with Gasteiger partial charge in [0.2, 0.25) is 0 Å². The van der Waals surface area contributed by atoms with Gasteiger partial charge in [-0.3, -0.25) is 19.4 Å². The summed E-state index contributed by atoms with van der Waals surface area (Å²) in [5, 5.41) is 0.666. The zero-order valence-electron chi connectivity index (χ0n) is 19.7. The summed E-state index contributed by atoms with van der Waals surface area (Å²) in [6, 6.07) is 18.6. The standard InChI is InChI=1S/C28H26N4O3.H2/c1-18-8-10-20(11-9-18)24-25-22(12-13-29-24)23(16-30-25)26(33)28(35)32-15-14-31(17-19(32)2)27(34)21-6-4-3-5-7-21;/h3-13,16,19,30H,14-15,17H2,1-2H3;1H/t19-;/m1./s1. The van der Waals surface area contributed by atoms with E-state index in [9.17, 15) is 14.4 Å². The number of nitrogens with zero attached hydrogens (tertiary/aromatic N) is 3. The number of benzene rings is 2. The Morgan fingerprint density at radius 2 is 1.74 bits per heavy atom. The van der Waals surface area contributed by atoms with Gasteiger partial charge in [-0.05, 0) is 32.0 Å². The molecule has 0 aliphatic carbocycles. The maximum Gasteiger partial charge on any atom is 0.295 e. The lowest BCUT2D eigenvalue weighted by Gasteiger charge is -2.39. The van der Waals surface area contributed by atoms with Crippen LogP contribution in [0.15, 0.2) is 73.1 Å². The van der Waals surface area contributed by atoms with Gasteiger partial charge in [-0.2, -0.15) is 0 Å². The Hall–Kier alpha value is -4.26. The molecule has 0 spiro atoms. The lowest BCUT2D eigenvalue weighted by molar-refractivity contribution is -0.130. The van der Waals surface area contributed by atoms with Crippen LogP contribution in [-0.2, 0) is 4.79 Å². The van der Waals surface area contributed by atoms with Crippen molar-refractivity contribution in [2.45, 2.75) is 19.9 Å². The fourth-order valence-electron chi connectivity index (χ4n) is 4.63. The maximum absolute atomic E-state index is 13.3. The van der Waals surface area contributed by atoms with E-state index in [0.717, 1.165) is 22.3 Å². The molecule has 0 bridgehead atoms. The number of nitrogens with one attached hydrogen (secondary N) is 1. The number of pyridine rings is 1. The van der Waals surface area contributed by atoms with Crippen molar-refractivity contribution in [3.05, 3.63) is 89.7 Å². The van der Waals surface area contributed by atoms with Crippen LogP contribution in [0, 0.1) is 6.92 Å². The number of carbonyl (C=O) groups excluding carboxylic acids is 3. The molecule has 1 N–H and O–H groups in total. The van der Waals surface area contributed by atoms with Crippen LogP contribution in [-0.4, -0.2) is 63.0 Å². The third-order valence-corrected chi connectivity index (χ3v) is 6.56. The van der Waals surface area contributed by atoms with Crippen molar-refractivity contribution in [1.82, 2.24) is 19.8 Å². The van der Waals surface area contributed by atoms with Crippen molar-refractivity contribution >= 4 is 28.5 Å². The number of aromatic nitrogens is 2. The Bertz CT molecular complexity index is 1420. The molecule has 1 aliphatic heterocycles. The molecule has 0 unspecified atom stereocenters. The molecule has 1 saturated heterocycles. The summed E-state index contributed by atoms with van der Waals surface area (Å²) in [6.07, 6.45) is 3.24. The first kappa shape index (κ1) is 22.5. The highest BCUT2D eigenvalue weighted by Crippen LogP contribution is 2.29. The fourth-order valence-corrected chi connectivity index (χ4v) is 4.63. The summed E-state index contributed by atoms with van der Waals surface area (Å²) in [7, 11) is 0. The lowest BCUT2D eigenvalue weighted by atomic mass is 10.0. The topological polar surface area (TPSA) is 86.4 Å². The number of piperazine rings is 1. The highest BCUT2D eigenvalue weighted by Gasteiger charge is 2.34. The predicted molar refractivity (Wildman–Crippen MR) is 136 cm³/mol. The van der Waals surface area contributed by atoms with Crippen LogP contribution in [0.1, 0.15) is 34.6 Å². The number of hydrogen-bond donors (Lipinski definition) is 1. The lowest BCUT2D eigenvalue weighted by Crippen LogP contribution is -2.56. The smallest absolute Gasteiger partial charge is 0.295 e. The van der Waals surface area contributed by atoms with Gasteiger partial charge in [-0.25, -0.2) is 0 Å². The molecular weight excluding hydrogens is 440 g/mol. The van der Waals surface area contributed by atoms with Gasteiger partial charge in [0.25, 0.3) is 17.6 Å². The van der Waals surface area contributed by atoms with E-state index in [4.69, 9.17) is 0 Å². The van der Waals surface area contributed by atoms with E-state index in [1.165, 1.54) is 0 Å². The summed E-state index contributed by atoms with van der Waals surface area (Å²) in [4.78, 5) is 50.3. The van der Waals surface area contributed by atoms with E-state index < -0.39 is 11.7 Å². The molecule has 7 heteroatoms. The van der Waals surface area contributed by atoms with Gasteiger partial charge in [0.05, 0.1) is 16.8 Å². The molecule has 1 atom stereocenters. The summed E-state index contributed by atoms with van der Waals surface area (Å²) < 4.78 is 0. The van der Waals surface area contributed by atoms with E-state index >= 15 is 0 Å². The maximum atomic E-state index is 13.3. The Morgan fingerprint density at radius 1 is 1.00 bits per heavy atom. The van der Waals surface area contributed by atoms with Crippen molar-refractivity contribution in [1.29, 1.82) is 0 Å². The summed E-state index contributed by atoms with van der Waals surface area (Å²) in [5.74, 6) is -1.19. The zero-order valence-corrected chi connectivity index (χ0v) is 19.7. The average molecular weight is 469 g/mol. The van der Waals surface area contributed by atoms with E-state index in [1.807, 2.05) is 56.3 Å². The van der Waals surface area contributed by atoms with Crippen molar-refractivity contribution in [2.75, 3.05) is 19.6 Å². The molecule has 1 aliphatic rings. The minimum absolute atomic E-state index is 0. The summed E-state index contributed by atoms with van der Waals surface area (Å²) in [5.41, 5.74) is 4.48. The average Bonchev–Trinajstić information content (AvgIpc) is 3.33. The van der Waals surface area contributed by atoms with Crippen molar-refractivity contribution in [2.24, 2.45) is 0 Å². The molecule has 0 saturated carbocycles. The van der Waals surface area contributed by atoms with Crippen molar-refractivity contribution in [3.63, 3.8) is 0 Å². The summed E-state index contributed by atoms with van der Waals surface area (Å²) in [6.45, 7) is 4.95. The Kier molecular flexibility index (Phi) is 5.91. The Labute approximate surface area is 204 Å². The molecule has 7 nitrogen and oxygen atoms in total.